The van der Waals surface area contributed by atoms with Crippen LogP contribution in [-0.2, 0) is 11.2 Å². The standard InChI is InChI=1S/C19H28N4O2/c1-14(2)12-18(22-23-20)17(13-15-8-4-3-5-9-15)21-19(24)25-16-10-6-7-11-16/h3-5,8-9,14,16-18H,6-7,10-13H2,1-2H3,(H,21,24)/t17-,18+/m1/s1. The molecule has 0 heterocycles. The van der Waals surface area contributed by atoms with Gasteiger partial charge in [0.1, 0.15) is 6.10 Å². The van der Waals surface area contributed by atoms with Crippen LogP contribution in [0.3, 0.4) is 0 Å². The fraction of sp³-hybridized carbons (Fsp3) is 0.632. The van der Waals surface area contributed by atoms with E-state index in [1.165, 1.54) is 0 Å². The van der Waals surface area contributed by atoms with Crippen molar-refractivity contribution in [1.29, 1.82) is 0 Å². The van der Waals surface area contributed by atoms with Crippen molar-refractivity contribution in [3.8, 4) is 0 Å². The van der Waals surface area contributed by atoms with Crippen LogP contribution in [0, 0.1) is 5.92 Å². The van der Waals surface area contributed by atoms with Gasteiger partial charge in [0.05, 0.1) is 6.04 Å². The number of rotatable bonds is 8. The minimum atomic E-state index is -0.408. The Bertz CT molecular complexity index is 578. The lowest BCUT2D eigenvalue weighted by molar-refractivity contribution is 0.0962. The molecule has 6 heteroatoms. The fourth-order valence-corrected chi connectivity index (χ4v) is 3.34. The van der Waals surface area contributed by atoms with Crippen molar-refractivity contribution in [2.45, 2.75) is 70.6 Å². The molecule has 0 saturated heterocycles. The number of benzene rings is 1. The average molecular weight is 344 g/mol. The second-order valence-corrected chi connectivity index (χ2v) is 7.15. The lowest BCUT2D eigenvalue weighted by Crippen LogP contribution is -2.45. The molecular weight excluding hydrogens is 316 g/mol. The van der Waals surface area contributed by atoms with E-state index in [9.17, 15) is 4.79 Å². The molecule has 0 radical (unpaired) electrons. The van der Waals surface area contributed by atoms with Crippen LogP contribution in [0.2, 0.25) is 0 Å². The van der Waals surface area contributed by atoms with Gasteiger partial charge in [0.25, 0.3) is 0 Å². The zero-order chi connectivity index (χ0) is 18.1. The lowest BCUT2D eigenvalue weighted by atomic mass is 9.93. The summed E-state index contributed by atoms with van der Waals surface area (Å²) < 4.78 is 5.53. The summed E-state index contributed by atoms with van der Waals surface area (Å²) in [5, 5.41) is 6.91. The number of alkyl carbamates (subject to hydrolysis) is 1. The zero-order valence-corrected chi connectivity index (χ0v) is 15.1. The first-order valence-corrected chi connectivity index (χ1v) is 9.13. The number of hydrogen-bond donors (Lipinski definition) is 1. The molecular formula is C19H28N4O2. The maximum absolute atomic E-state index is 12.3. The maximum atomic E-state index is 12.3. The van der Waals surface area contributed by atoms with Gasteiger partial charge >= 0.3 is 6.09 Å². The van der Waals surface area contributed by atoms with E-state index in [0.717, 1.165) is 31.2 Å². The molecule has 1 aliphatic rings. The van der Waals surface area contributed by atoms with Crippen LogP contribution in [-0.4, -0.2) is 24.3 Å². The van der Waals surface area contributed by atoms with Crippen LogP contribution in [0.4, 0.5) is 4.79 Å². The third-order valence-electron chi connectivity index (χ3n) is 4.55. The van der Waals surface area contributed by atoms with E-state index in [1.807, 2.05) is 30.3 Å². The third kappa shape index (κ3) is 6.67. The molecule has 1 fully saturated rings. The van der Waals surface area contributed by atoms with Crippen LogP contribution < -0.4 is 5.32 Å². The van der Waals surface area contributed by atoms with E-state index in [1.54, 1.807) is 0 Å². The highest BCUT2D eigenvalue weighted by Gasteiger charge is 2.26. The summed E-state index contributed by atoms with van der Waals surface area (Å²) in [7, 11) is 0. The number of carbonyl (C=O) groups is 1. The monoisotopic (exact) mass is 344 g/mol. The molecule has 0 aromatic heterocycles. The van der Waals surface area contributed by atoms with Crippen molar-refractivity contribution in [1.82, 2.24) is 5.32 Å². The number of ether oxygens (including phenoxy) is 1. The first-order chi connectivity index (χ1) is 12.1. The van der Waals surface area contributed by atoms with Gasteiger partial charge in [-0.25, -0.2) is 4.79 Å². The summed E-state index contributed by atoms with van der Waals surface area (Å²) in [5.74, 6) is 0.362. The molecule has 0 bridgehead atoms. The van der Waals surface area contributed by atoms with E-state index in [0.29, 0.717) is 18.8 Å². The van der Waals surface area contributed by atoms with Crippen LogP contribution in [0.5, 0.6) is 0 Å². The van der Waals surface area contributed by atoms with Gasteiger partial charge in [-0.15, -0.1) is 0 Å². The molecule has 1 aromatic carbocycles. The Balaban J connectivity index is 2.08. The summed E-state index contributed by atoms with van der Waals surface area (Å²) in [6.45, 7) is 4.16. The molecule has 0 aliphatic heterocycles. The molecule has 2 atom stereocenters. The van der Waals surface area contributed by atoms with Crippen LogP contribution >= 0.6 is 0 Å². The number of nitrogens with one attached hydrogen (secondary N) is 1. The normalized spacial score (nSPS) is 16.9. The van der Waals surface area contributed by atoms with Gasteiger partial charge in [-0.3, -0.25) is 0 Å². The van der Waals surface area contributed by atoms with Crippen LogP contribution in [0.25, 0.3) is 10.4 Å². The van der Waals surface area contributed by atoms with Crippen LogP contribution in [0.1, 0.15) is 51.5 Å². The molecule has 1 amide bonds. The van der Waals surface area contributed by atoms with Crippen LogP contribution in [0.15, 0.2) is 35.4 Å². The van der Waals surface area contributed by atoms with E-state index in [2.05, 4.69) is 29.2 Å². The first-order valence-electron chi connectivity index (χ1n) is 9.13. The predicted octanol–water partition coefficient (Wildman–Crippen LogP) is 4.99. The Morgan fingerprint density at radius 1 is 1.32 bits per heavy atom. The van der Waals surface area contributed by atoms with Crippen molar-refractivity contribution < 1.29 is 9.53 Å². The van der Waals surface area contributed by atoms with Gasteiger partial charge in [-0.05, 0) is 55.5 Å². The smallest absolute Gasteiger partial charge is 0.407 e. The summed E-state index contributed by atoms with van der Waals surface area (Å²) >= 11 is 0. The summed E-state index contributed by atoms with van der Waals surface area (Å²) in [5.41, 5.74) is 10.0. The molecule has 6 nitrogen and oxygen atoms in total. The maximum Gasteiger partial charge on any atom is 0.407 e. The molecule has 1 aromatic rings. The number of azide groups is 1. The topological polar surface area (TPSA) is 87.1 Å². The van der Waals surface area contributed by atoms with Gasteiger partial charge in [0, 0.05) is 11.0 Å². The van der Waals surface area contributed by atoms with Crippen molar-refractivity contribution in [3.05, 3.63) is 46.3 Å². The Hall–Kier alpha value is -2.20. The van der Waals surface area contributed by atoms with Crippen molar-refractivity contribution >= 4 is 6.09 Å². The van der Waals surface area contributed by atoms with Gasteiger partial charge in [0.15, 0.2) is 0 Å². The SMILES string of the molecule is CC(C)C[C@H](N=[N+]=[N-])[C@@H](Cc1ccccc1)NC(=O)OC1CCCC1. The molecule has 1 saturated carbocycles. The Morgan fingerprint density at radius 3 is 2.60 bits per heavy atom. The van der Waals surface area contributed by atoms with Gasteiger partial charge in [-0.1, -0.05) is 49.3 Å². The second-order valence-electron chi connectivity index (χ2n) is 7.15. The molecule has 0 spiro atoms. The summed E-state index contributed by atoms with van der Waals surface area (Å²) in [6, 6.07) is 9.33. The fourth-order valence-electron chi connectivity index (χ4n) is 3.34. The largest absolute Gasteiger partial charge is 0.446 e. The summed E-state index contributed by atoms with van der Waals surface area (Å²) in [4.78, 5) is 15.3. The molecule has 25 heavy (non-hydrogen) atoms. The van der Waals surface area contributed by atoms with Gasteiger partial charge in [-0.2, -0.15) is 0 Å². The Morgan fingerprint density at radius 2 is 2.00 bits per heavy atom. The number of hydrogen-bond acceptors (Lipinski definition) is 3. The first kappa shape index (κ1) is 19.1. The van der Waals surface area contributed by atoms with Crippen molar-refractivity contribution in [3.63, 3.8) is 0 Å². The number of amides is 1. The van der Waals surface area contributed by atoms with E-state index in [-0.39, 0.29) is 18.2 Å². The Labute approximate surface area is 149 Å². The van der Waals surface area contributed by atoms with Crippen molar-refractivity contribution in [2.24, 2.45) is 11.0 Å². The van der Waals surface area contributed by atoms with Crippen molar-refractivity contribution in [2.75, 3.05) is 0 Å². The van der Waals surface area contributed by atoms with Gasteiger partial charge < -0.3 is 10.1 Å². The minimum absolute atomic E-state index is 0.0143. The molecule has 136 valence electrons. The molecule has 1 aliphatic carbocycles. The number of carbonyl (C=O) groups excluding carboxylic acids is 1. The van der Waals surface area contributed by atoms with Gasteiger partial charge in [0.2, 0.25) is 0 Å². The number of nitrogens with zero attached hydrogens (tertiary/aromatic N) is 3. The quantitative estimate of drug-likeness (QED) is 0.409. The highest BCUT2D eigenvalue weighted by atomic mass is 16.6. The van der Waals surface area contributed by atoms with E-state index >= 15 is 0 Å². The molecule has 2 rings (SSSR count). The zero-order valence-electron chi connectivity index (χ0n) is 15.1. The third-order valence-corrected chi connectivity index (χ3v) is 4.55. The second kappa shape index (κ2) is 9.94. The predicted molar refractivity (Wildman–Crippen MR) is 98.2 cm³/mol. The summed E-state index contributed by atoms with van der Waals surface area (Å²) in [6.07, 6.45) is 5.02. The highest BCUT2D eigenvalue weighted by molar-refractivity contribution is 5.68. The minimum Gasteiger partial charge on any atom is -0.446 e. The highest BCUT2D eigenvalue weighted by Crippen LogP contribution is 2.22. The lowest BCUT2D eigenvalue weighted by Gasteiger charge is -2.26. The van der Waals surface area contributed by atoms with E-state index < -0.39 is 6.09 Å². The average Bonchev–Trinajstić information content (AvgIpc) is 3.07. The van der Waals surface area contributed by atoms with E-state index in [4.69, 9.17) is 10.3 Å². The molecule has 1 N–H and O–H groups in total. The Kier molecular flexibility index (Phi) is 7.61. The molecule has 0 unspecified atom stereocenters.